The van der Waals surface area contributed by atoms with Crippen LogP contribution in [-0.4, -0.2) is 41.4 Å². The Labute approximate surface area is 143 Å². The molecule has 122 valence electrons. The summed E-state index contributed by atoms with van der Waals surface area (Å²) in [5.74, 6) is -0.242. The maximum absolute atomic E-state index is 12.3. The van der Waals surface area contributed by atoms with E-state index in [4.69, 9.17) is 21.1 Å². The van der Waals surface area contributed by atoms with E-state index >= 15 is 0 Å². The molecule has 1 amide bonds. The van der Waals surface area contributed by atoms with Gasteiger partial charge in [-0.1, -0.05) is 11.6 Å². The predicted octanol–water partition coefficient (Wildman–Crippen LogP) is 2.58. The van der Waals surface area contributed by atoms with Gasteiger partial charge in [-0.2, -0.15) is 0 Å². The van der Waals surface area contributed by atoms with Gasteiger partial charge in [0.05, 0.1) is 25.5 Å². The maximum atomic E-state index is 12.3. The van der Waals surface area contributed by atoms with Crippen LogP contribution in [0, 0.1) is 0 Å². The number of nitrogens with zero attached hydrogens (tertiary/aromatic N) is 2. The van der Waals surface area contributed by atoms with Crippen molar-refractivity contribution in [2.24, 2.45) is 7.05 Å². The average molecular weight is 354 g/mol. The zero-order chi connectivity index (χ0) is 16.2. The minimum Gasteiger partial charge on any atom is -0.376 e. The minimum absolute atomic E-state index is 0.242. The second-order valence-corrected chi connectivity index (χ2v) is 6.43. The van der Waals surface area contributed by atoms with Gasteiger partial charge < -0.3 is 19.4 Å². The molecule has 2 heterocycles. The molecule has 0 spiro atoms. The van der Waals surface area contributed by atoms with E-state index < -0.39 is 6.10 Å². The number of anilines is 1. The lowest BCUT2D eigenvalue weighted by atomic mass is 10.2. The van der Waals surface area contributed by atoms with Gasteiger partial charge in [0.1, 0.15) is 0 Å². The lowest BCUT2D eigenvalue weighted by Crippen LogP contribution is -2.39. The van der Waals surface area contributed by atoms with E-state index in [9.17, 15) is 4.79 Å². The number of amides is 1. The van der Waals surface area contributed by atoms with Crippen LogP contribution in [0.3, 0.4) is 0 Å². The molecule has 0 bridgehead atoms. The smallest absolute Gasteiger partial charge is 0.255 e. The van der Waals surface area contributed by atoms with Crippen LogP contribution in [0.25, 0.3) is 0 Å². The van der Waals surface area contributed by atoms with Crippen molar-refractivity contribution in [3.05, 3.63) is 35.6 Å². The number of carbonyl (C=O) groups excluding carboxylic acids is 1. The van der Waals surface area contributed by atoms with Crippen molar-refractivity contribution < 1.29 is 14.3 Å². The Balaban J connectivity index is 1.78. The standard InChI is InChI=1S/C15H16ClN3O3S/c1-19-5-4-17-15(19)23-13-3-2-10(16)8-11(13)18-14(20)12-9-21-6-7-22-12/h2-5,8,12H,6-7,9H2,1H3,(H,18,20)/t12-/m0/s1. The fourth-order valence-electron chi connectivity index (χ4n) is 2.09. The highest BCUT2D eigenvalue weighted by molar-refractivity contribution is 7.99. The Morgan fingerprint density at radius 3 is 3.04 bits per heavy atom. The largest absolute Gasteiger partial charge is 0.376 e. The lowest BCUT2D eigenvalue weighted by Gasteiger charge is -2.22. The van der Waals surface area contributed by atoms with E-state index in [2.05, 4.69) is 10.3 Å². The van der Waals surface area contributed by atoms with Gasteiger partial charge in [0.25, 0.3) is 5.91 Å². The summed E-state index contributed by atoms with van der Waals surface area (Å²) in [7, 11) is 1.91. The van der Waals surface area contributed by atoms with E-state index in [1.165, 1.54) is 11.8 Å². The number of aryl methyl sites for hydroxylation is 1. The van der Waals surface area contributed by atoms with Crippen LogP contribution in [0.5, 0.6) is 0 Å². The zero-order valence-corrected chi connectivity index (χ0v) is 14.1. The minimum atomic E-state index is -0.603. The van der Waals surface area contributed by atoms with Gasteiger partial charge in [-0.3, -0.25) is 4.79 Å². The second kappa shape index (κ2) is 7.35. The summed E-state index contributed by atoms with van der Waals surface area (Å²) in [6.45, 7) is 1.19. The summed E-state index contributed by atoms with van der Waals surface area (Å²) in [6.07, 6.45) is 2.99. The number of nitrogens with one attached hydrogen (secondary N) is 1. The van der Waals surface area contributed by atoms with Crippen molar-refractivity contribution in [3.8, 4) is 0 Å². The molecule has 8 heteroatoms. The Morgan fingerprint density at radius 2 is 2.35 bits per heavy atom. The fourth-order valence-corrected chi connectivity index (χ4v) is 3.13. The van der Waals surface area contributed by atoms with Crippen LogP contribution in [0.15, 0.2) is 40.6 Å². The molecule has 6 nitrogen and oxygen atoms in total. The molecule has 2 aromatic rings. The van der Waals surface area contributed by atoms with Crippen molar-refractivity contribution in [2.75, 3.05) is 25.1 Å². The van der Waals surface area contributed by atoms with Crippen LogP contribution < -0.4 is 5.32 Å². The first kappa shape index (κ1) is 16.3. The van der Waals surface area contributed by atoms with Crippen LogP contribution in [0.2, 0.25) is 5.02 Å². The third-order valence-corrected chi connectivity index (χ3v) is 4.67. The molecule has 0 radical (unpaired) electrons. The molecular formula is C15H16ClN3O3S. The summed E-state index contributed by atoms with van der Waals surface area (Å²) in [5.41, 5.74) is 0.629. The van der Waals surface area contributed by atoms with E-state index in [1.54, 1.807) is 18.3 Å². The van der Waals surface area contributed by atoms with Crippen LogP contribution >= 0.6 is 23.4 Å². The molecule has 1 aliphatic rings. The first-order valence-electron chi connectivity index (χ1n) is 7.08. The molecular weight excluding hydrogens is 338 g/mol. The van der Waals surface area contributed by atoms with Gasteiger partial charge in [-0.15, -0.1) is 0 Å². The SMILES string of the molecule is Cn1ccnc1Sc1ccc(Cl)cc1NC(=O)[C@@H]1COCCO1. The van der Waals surface area contributed by atoms with Crippen molar-refractivity contribution in [1.29, 1.82) is 0 Å². The predicted molar refractivity (Wildman–Crippen MR) is 88.0 cm³/mol. The fraction of sp³-hybridized carbons (Fsp3) is 0.333. The van der Waals surface area contributed by atoms with Crippen LogP contribution in [0.4, 0.5) is 5.69 Å². The summed E-state index contributed by atoms with van der Waals surface area (Å²) in [5, 5.41) is 4.23. The third-order valence-electron chi connectivity index (χ3n) is 3.29. The second-order valence-electron chi connectivity index (χ2n) is 4.99. The first-order chi connectivity index (χ1) is 11.1. The van der Waals surface area contributed by atoms with Gasteiger partial charge >= 0.3 is 0 Å². The number of hydrogen-bond acceptors (Lipinski definition) is 5. The van der Waals surface area contributed by atoms with E-state index in [-0.39, 0.29) is 12.5 Å². The number of imidazole rings is 1. The topological polar surface area (TPSA) is 65.4 Å². The average Bonchev–Trinajstić information content (AvgIpc) is 2.96. The zero-order valence-electron chi connectivity index (χ0n) is 12.5. The highest BCUT2D eigenvalue weighted by Gasteiger charge is 2.23. The summed E-state index contributed by atoms with van der Waals surface area (Å²) >= 11 is 7.51. The maximum Gasteiger partial charge on any atom is 0.255 e. The molecule has 0 aliphatic carbocycles. The molecule has 1 fully saturated rings. The van der Waals surface area contributed by atoms with E-state index in [0.29, 0.717) is 23.9 Å². The van der Waals surface area contributed by atoms with Crippen molar-refractivity contribution in [2.45, 2.75) is 16.2 Å². The number of aromatic nitrogens is 2. The van der Waals surface area contributed by atoms with Gasteiger partial charge in [-0.05, 0) is 30.0 Å². The van der Waals surface area contributed by atoms with Gasteiger partial charge in [-0.25, -0.2) is 4.98 Å². The van der Waals surface area contributed by atoms with Crippen molar-refractivity contribution >= 4 is 35.0 Å². The Kier molecular flexibility index (Phi) is 5.22. The van der Waals surface area contributed by atoms with Gasteiger partial charge in [0.15, 0.2) is 11.3 Å². The first-order valence-corrected chi connectivity index (χ1v) is 8.28. The Bertz CT molecular complexity index is 701. The third kappa shape index (κ3) is 4.06. The molecule has 1 aromatic carbocycles. The summed E-state index contributed by atoms with van der Waals surface area (Å²) < 4.78 is 12.6. The summed E-state index contributed by atoms with van der Waals surface area (Å²) in [4.78, 5) is 17.4. The molecule has 23 heavy (non-hydrogen) atoms. The lowest BCUT2D eigenvalue weighted by molar-refractivity contribution is -0.142. The molecule has 1 aliphatic heterocycles. The summed E-state index contributed by atoms with van der Waals surface area (Å²) in [6, 6.07) is 5.35. The normalized spacial score (nSPS) is 17.9. The molecule has 1 aromatic heterocycles. The quantitative estimate of drug-likeness (QED) is 0.915. The molecule has 1 atom stereocenters. The molecule has 0 unspecified atom stereocenters. The Hall–Kier alpha value is -1.54. The van der Waals surface area contributed by atoms with E-state index in [1.807, 2.05) is 23.9 Å². The Morgan fingerprint density at radius 1 is 1.48 bits per heavy atom. The van der Waals surface area contributed by atoms with Gasteiger partial charge in [0.2, 0.25) is 0 Å². The van der Waals surface area contributed by atoms with Gasteiger partial charge in [0, 0.05) is 29.4 Å². The number of benzene rings is 1. The molecule has 1 N–H and O–H groups in total. The van der Waals surface area contributed by atoms with Crippen LogP contribution in [-0.2, 0) is 21.3 Å². The van der Waals surface area contributed by atoms with Crippen molar-refractivity contribution in [1.82, 2.24) is 9.55 Å². The van der Waals surface area contributed by atoms with Crippen LogP contribution in [0.1, 0.15) is 0 Å². The highest BCUT2D eigenvalue weighted by atomic mass is 35.5. The number of rotatable bonds is 4. The number of halogens is 1. The number of ether oxygens (including phenoxy) is 2. The monoisotopic (exact) mass is 353 g/mol. The van der Waals surface area contributed by atoms with E-state index in [0.717, 1.165) is 10.1 Å². The highest BCUT2D eigenvalue weighted by Crippen LogP contribution is 2.34. The van der Waals surface area contributed by atoms with Crippen molar-refractivity contribution in [3.63, 3.8) is 0 Å². The number of carbonyl (C=O) groups is 1. The molecule has 3 rings (SSSR count). The molecule has 0 saturated carbocycles. The molecule has 1 saturated heterocycles. The number of hydrogen-bond donors (Lipinski definition) is 1.